The molecular formula is C15H25N3O. The molecule has 4 heteroatoms. The Morgan fingerprint density at radius 3 is 2.95 bits per heavy atom. The Morgan fingerprint density at radius 2 is 2.26 bits per heavy atom. The van der Waals surface area contributed by atoms with E-state index in [0.29, 0.717) is 6.04 Å². The van der Waals surface area contributed by atoms with E-state index in [2.05, 4.69) is 33.8 Å². The molecule has 0 aliphatic carbocycles. The van der Waals surface area contributed by atoms with Gasteiger partial charge in [0.05, 0.1) is 12.3 Å². The van der Waals surface area contributed by atoms with E-state index in [1.807, 2.05) is 19.2 Å². The molecular weight excluding hydrogens is 238 g/mol. The Hall–Kier alpha value is -0.970. The van der Waals surface area contributed by atoms with Crippen LogP contribution in [-0.2, 0) is 11.3 Å². The van der Waals surface area contributed by atoms with Gasteiger partial charge in [0.25, 0.3) is 0 Å². The van der Waals surface area contributed by atoms with Crippen molar-refractivity contribution in [2.45, 2.75) is 26.4 Å². The number of hydrogen-bond donors (Lipinski definition) is 0. The van der Waals surface area contributed by atoms with Crippen molar-refractivity contribution in [3.8, 4) is 0 Å². The van der Waals surface area contributed by atoms with E-state index in [9.17, 15) is 0 Å². The monoisotopic (exact) mass is 263 g/mol. The molecule has 0 spiro atoms. The maximum atomic E-state index is 5.44. The lowest BCUT2D eigenvalue weighted by Crippen LogP contribution is -2.52. The van der Waals surface area contributed by atoms with Crippen LogP contribution in [0, 0.1) is 0 Å². The van der Waals surface area contributed by atoms with Crippen molar-refractivity contribution >= 4 is 0 Å². The first-order valence-corrected chi connectivity index (χ1v) is 7.23. The van der Waals surface area contributed by atoms with Crippen LogP contribution in [0.5, 0.6) is 0 Å². The second-order valence-electron chi connectivity index (χ2n) is 5.14. The lowest BCUT2D eigenvalue weighted by atomic mass is 10.2. The second kappa shape index (κ2) is 7.58. The van der Waals surface area contributed by atoms with Crippen LogP contribution >= 0.6 is 0 Å². The van der Waals surface area contributed by atoms with Crippen LogP contribution in [0.4, 0.5) is 0 Å². The predicted octanol–water partition coefficient (Wildman–Crippen LogP) is 1.62. The number of hydrogen-bond acceptors (Lipinski definition) is 4. The van der Waals surface area contributed by atoms with E-state index in [1.165, 1.54) is 0 Å². The van der Waals surface area contributed by atoms with Crippen LogP contribution in [0.3, 0.4) is 0 Å². The summed E-state index contributed by atoms with van der Waals surface area (Å²) in [7, 11) is 0. The molecule has 1 saturated heterocycles. The maximum Gasteiger partial charge on any atom is 0.0593 e. The SMILES string of the molecule is CCOCCN1CCN(Cc2ccccn2)C[C@H]1C. The molecule has 0 bridgehead atoms. The summed E-state index contributed by atoms with van der Waals surface area (Å²) in [6, 6.07) is 6.73. The molecule has 19 heavy (non-hydrogen) atoms. The molecule has 4 nitrogen and oxygen atoms in total. The number of ether oxygens (including phenoxy) is 1. The number of nitrogens with zero attached hydrogens (tertiary/aromatic N) is 3. The van der Waals surface area contributed by atoms with Crippen LogP contribution in [-0.4, -0.2) is 60.2 Å². The maximum absolute atomic E-state index is 5.44. The summed E-state index contributed by atoms with van der Waals surface area (Å²) in [5, 5.41) is 0. The van der Waals surface area contributed by atoms with E-state index in [1.54, 1.807) is 0 Å². The third-order valence-corrected chi connectivity index (χ3v) is 3.69. The van der Waals surface area contributed by atoms with Crippen molar-refractivity contribution in [3.05, 3.63) is 30.1 Å². The fraction of sp³-hybridized carbons (Fsp3) is 0.667. The summed E-state index contributed by atoms with van der Waals surface area (Å²) in [4.78, 5) is 9.41. The Labute approximate surface area is 116 Å². The summed E-state index contributed by atoms with van der Waals surface area (Å²) in [5.41, 5.74) is 1.16. The first kappa shape index (κ1) is 14.4. The van der Waals surface area contributed by atoms with Gasteiger partial charge < -0.3 is 4.74 Å². The smallest absolute Gasteiger partial charge is 0.0593 e. The van der Waals surface area contributed by atoms with Crippen LogP contribution in [0.25, 0.3) is 0 Å². The Morgan fingerprint density at radius 1 is 1.37 bits per heavy atom. The van der Waals surface area contributed by atoms with Crippen LogP contribution in [0.2, 0.25) is 0 Å². The molecule has 1 aromatic heterocycles. The van der Waals surface area contributed by atoms with Gasteiger partial charge in [0.2, 0.25) is 0 Å². The fourth-order valence-electron chi connectivity index (χ4n) is 2.59. The van der Waals surface area contributed by atoms with Gasteiger partial charge in [0, 0.05) is 51.6 Å². The zero-order chi connectivity index (χ0) is 13.5. The number of rotatable bonds is 6. The zero-order valence-corrected chi connectivity index (χ0v) is 12.1. The van der Waals surface area contributed by atoms with Gasteiger partial charge in [-0.3, -0.25) is 14.8 Å². The Kier molecular flexibility index (Phi) is 5.76. The molecule has 2 heterocycles. The Bertz CT molecular complexity index is 358. The predicted molar refractivity (Wildman–Crippen MR) is 77.0 cm³/mol. The second-order valence-corrected chi connectivity index (χ2v) is 5.14. The van der Waals surface area contributed by atoms with Gasteiger partial charge in [0.1, 0.15) is 0 Å². The van der Waals surface area contributed by atoms with E-state index >= 15 is 0 Å². The summed E-state index contributed by atoms with van der Waals surface area (Å²) in [6.45, 7) is 11.4. The normalized spacial score (nSPS) is 21.7. The minimum Gasteiger partial charge on any atom is -0.380 e. The quantitative estimate of drug-likeness (QED) is 0.729. The van der Waals surface area contributed by atoms with Crippen molar-refractivity contribution in [1.29, 1.82) is 0 Å². The molecule has 0 N–H and O–H groups in total. The van der Waals surface area contributed by atoms with Gasteiger partial charge in [-0.1, -0.05) is 6.07 Å². The van der Waals surface area contributed by atoms with Gasteiger partial charge in [0.15, 0.2) is 0 Å². The van der Waals surface area contributed by atoms with E-state index in [0.717, 1.165) is 51.6 Å². The number of aromatic nitrogens is 1. The first-order chi connectivity index (χ1) is 9.29. The molecule has 0 amide bonds. The first-order valence-electron chi connectivity index (χ1n) is 7.23. The summed E-state index contributed by atoms with van der Waals surface area (Å²) >= 11 is 0. The highest BCUT2D eigenvalue weighted by atomic mass is 16.5. The molecule has 0 aromatic carbocycles. The number of pyridine rings is 1. The fourth-order valence-corrected chi connectivity index (χ4v) is 2.59. The summed E-state index contributed by atoms with van der Waals surface area (Å²) in [6.07, 6.45) is 1.87. The molecule has 1 fully saturated rings. The van der Waals surface area contributed by atoms with Crippen LogP contribution in [0.1, 0.15) is 19.5 Å². The van der Waals surface area contributed by atoms with E-state index in [4.69, 9.17) is 4.74 Å². The number of piperazine rings is 1. The van der Waals surface area contributed by atoms with Gasteiger partial charge >= 0.3 is 0 Å². The molecule has 0 radical (unpaired) electrons. The van der Waals surface area contributed by atoms with Crippen LogP contribution in [0.15, 0.2) is 24.4 Å². The topological polar surface area (TPSA) is 28.6 Å². The van der Waals surface area contributed by atoms with E-state index in [-0.39, 0.29) is 0 Å². The zero-order valence-electron chi connectivity index (χ0n) is 12.1. The van der Waals surface area contributed by atoms with Gasteiger partial charge in [-0.2, -0.15) is 0 Å². The molecule has 1 aliphatic heterocycles. The average Bonchev–Trinajstić information content (AvgIpc) is 2.43. The van der Waals surface area contributed by atoms with Crippen molar-refractivity contribution < 1.29 is 4.74 Å². The standard InChI is InChI=1S/C15H25N3O/c1-3-19-11-10-18-9-8-17(12-14(18)2)13-15-6-4-5-7-16-15/h4-7,14H,3,8-13H2,1-2H3/t14-/m1/s1. The third-order valence-electron chi connectivity index (χ3n) is 3.69. The van der Waals surface area contributed by atoms with E-state index < -0.39 is 0 Å². The lowest BCUT2D eigenvalue weighted by Gasteiger charge is -2.39. The minimum absolute atomic E-state index is 0.595. The van der Waals surface area contributed by atoms with Crippen molar-refractivity contribution in [1.82, 2.24) is 14.8 Å². The summed E-state index contributed by atoms with van der Waals surface area (Å²) in [5.74, 6) is 0. The molecule has 1 aromatic rings. The van der Waals surface area contributed by atoms with Gasteiger partial charge in [-0.15, -0.1) is 0 Å². The third kappa shape index (κ3) is 4.56. The summed E-state index contributed by atoms with van der Waals surface area (Å²) < 4.78 is 5.44. The Balaban J connectivity index is 1.76. The van der Waals surface area contributed by atoms with Gasteiger partial charge in [-0.05, 0) is 26.0 Å². The highest BCUT2D eigenvalue weighted by Gasteiger charge is 2.23. The van der Waals surface area contributed by atoms with Gasteiger partial charge in [-0.25, -0.2) is 0 Å². The lowest BCUT2D eigenvalue weighted by molar-refractivity contribution is 0.0462. The molecule has 2 rings (SSSR count). The molecule has 106 valence electrons. The van der Waals surface area contributed by atoms with Crippen molar-refractivity contribution in [2.24, 2.45) is 0 Å². The molecule has 1 atom stereocenters. The largest absolute Gasteiger partial charge is 0.380 e. The van der Waals surface area contributed by atoms with Crippen molar-refractivity contribution in [3.63, 3.8) is 0 Å². The average molecular weight is 263 g/mol. The van der Waals surface area contributed by atoms with Crippen LogP contribution < -0.4 is 0 Å². The molecule has 0 saturated carbocycles. The molecule has 0 unspecified atom stereocenters. The van der Waals surface area contributed by atoms with Crippen molar-refractivity contribution in [2.75, 3.05) is 39.4 Å². The minimum atomic E-state index is 0.595. The highest BCUT2D eigenvalue weighted by molar-refractivity contribution is 5.03. The molecule has 1 aliphatic rings. The highest BCUT2D eigenvalue weighted by Crippen LogP contribution is 2.11.